The van der Waals surface area contributed by atoms with E-state index in [9.17, 15) is 4.79 Å². The number of rotatable bonds is 0. The monoisotopic (exact) mass is 192 g/mol. The lowest BCUT2D eigenvalue weighted by molar-refractivity contribution is 0.567. The molecule has 0 aliphatic heterocycles. The molecule has 70 valence electrons. The van der Waals surface area contributed by atoms with Crippen LogP contribution in [-0.2, 0) is 4.79 Å². The van der Waals surface area contributed by atoms with Crippen LogP contribution in [0.1, 0.15) is 5.56 Å². The van der Waals surface area contributed by atoms with Gasteiger partial charge in [-0.15, -0.1) is 0 Å². The average Bonchev–Trinajstić information content (AvgIpc) is 2.67. The predicted octanol–water partition coefficient (Wildman–Crippen LogP) is 0.999. The van der Waals surface area contributed by atoms with Crippen molar-refractivity contribution in [3.05, 3.63) is 58.5 Å². The summed E-state index contributed by atoms with van der Waals surface area (Å²) in [4.78, 5) is 10.8. The first-order valence-electron chi connectivity index (χ1n) is 4.85. The molecule has 0 heterocycles. The van der Waals surface area contributed by atoms with E-state index >= 15 is 0 Å². The van der Waals surface area contributed by atoms with Crippen molar-refractivity contribution in [1.82, 2.24) is 0 Å². The molecule has 0 aromatic heterocycles. The fourth-order valence-corrected chi connectivity index (χ4v) is 2.07. The Morgan fingerprint density at radius 2 is 1.67 bits per heavy atom. The van der Waals surface area contributed by atoms with Crippen LogP contribution in [-0.4, -0.2) is 5.94 Å². The van der Waals surface area contributed by atoms with Crippen molar-refractivity contribution in [2.75, 3.05) is 0 Å². The maximum absolute atomic E-state index is 10.8. The molecule has 0 bridgehead atoms. The quantitative estimate of drug-likeness (QED) is 0.519. The van der Waals surface area contributed by atoms with E-state index in [4.69, 9.17) is 0 Å². The van der Waals surface area contributed by atoms with E-state index in [-0.39, 0.29) is 0 Å². The van der Waals surface area contributed by atoms with Crippen LogP contribution >= 0.6 is 0 Å². The number of fused-ring (bicyclic) bond motifs is 3. The van der Waals surface area contributed by atoms with Crippen LogP contribution in [0.25, 0.3) is 17.2 Å². The van der Waals surface area contributed by atoms with Gasteiger partial charge in [-0.1, -0.05) is 36.4 Å². The summed E-state index contributed by atoms with van der Waals surface area (Å²) in [5, 5.41) is 1.64. The molecule has 0 atom stereocenters. The van der Waals surface area contributed by atoms with Gasteiger partial charge in [-0.3, -0.25) is 0 Å². The van der Waals surface area contributed by atoms with Gasteiger partial charge in [0, 0.05) is 5.22 Å². The number of benzene rings is 2. The molecule has 1 nitrogen and oxygen atoms in total. The molecule has 0 spiro atoms. The van der Waals surface area contributed by atoms with E-state index in [1.54, 1.807) is 6.07 Å². The maximum Gasteiger partial charge on any atom is 0.133 e. The maximum atomic E-state index is 10.8. The molecule has 1 heteroatoms. The van der Waals surface area contributed by atoms with E-state index < -0.39 is 0 Å². The van der Waals surface area contributed by atoms with Crippen LogP contribution in [0.5, 0.6) is 0 Å². The lowest BCUT2D eigenvalue weighted by Crippen LogP contribution is -2.25. The molecule has 2 aromatic carbocycles. The van der Waals surface area contributed by atoms with Gasteiger partial charge < -0.3 is 0 Å². The SMILES string of the molecule is O=C=c1cccc2c1=Cc1ccccc1-2. The summed E-state index contributed by atoms with van der Waals surface area (Å²) in [5.74, 6) is 1.98. The Bertz CT molecular complexity index is 677. The zero-order chi connectivity index (χ0) is 10.3. The number of carbonyl (C=O) groups excluding carboxylic acids is 1. The van der Waals surface area contributed by atoms with Gasteiger partial charge in [0.2, 0.25) is 0 Å². The van der Waals surface area contributed by atoms with E-state index in [1.807, 2.05) is 36.3 Å². The lowest BCUT2D eigenvalue weighted by Gasteiger charge is -1.98. The van der Waals surface area contributed by atoms with Crippen molar-refractivity contribution >= 4 is 12.0 Å². The molecular weight excluding hydrogens is 184 g/mol. The van der Waals surface area contributed by atoms with Gasteiger partial charge in [0.1, 0.15) is 5.94 Å². The summed E-state index contributed by atoms with van der Waals surface area (Å²) in [6, 6.07) is 13.9. The van der Waals surface area contributed by atoms with Gasteiger partial charge in [0.05, 0.1) is 5.22 Å². The van der Waals surface area contributed by atoms with Gasteiger partial charge in [-0.2, -0.15) is 0 Å². The fourth-order valence-electron chi connectivity index (χ4n) is 2.07. The second-order valence-electron chi connectivity index (χ2n) is 3.60. The van der Waals surface area contributed by atoms with Crippen LogP contribution in [0.3, 0.4) is 0 Å². The van der Waals surface area contributed by atoms with Crippen LogP contribution in [0.4, 0.5) is 0 Å². The van der Waals surface area contributed by atoms with Gasteiger partial charge in [0.15, 0.2) is 0 Å². The molecule has 2 aromatic rings. The predicted molar refractivity (Wildman–Crippen MR) is 59.5 cm³/mol. The van der Waals surface area contributed by atoms with E-state index in [0.717, 1.165) is 10.8 Å². The van der Waals surface area contributed by atoms with Crippen LogP contribution < -0.4 is 10.4 Å². The van der Waals surface area contributed by atoms with E-state index in [0.29, 0.717) is 5.22 Å². The van der Waals surface area contributed by atoms with Crippen molar-refractivity contribution in [2.24, 2.45) is 0 Å². The van der Waals surface area contributed by atoms with Crippen LogP contribution in [0.2, 0.25) is 0 Å². The smallest absolute Gasteiger partial charge is 0.133 e. The first-order valence-corrected chi connectivity index (χ1v) is 4.85. The summed E-state index contributed by atoms with van der Waals surface area (Å²) >= 11 is 0. The molecule has 3 rings (SSSR count). The Labute approximate surface area is 87.0 Å². The molecule has 1 aliphatic carbocycles. The van der Waals surface area contributed by atoms with Crippen molar-refractivity contribution in [3.63, 3.8) is 0 Å². The second-order valence-corrected chi connectivity index (χ2v) is 3.60. The summed E-state index contributed by atoms with van der Waals surface area (Å²) in [5.41, 5.74) is 3.51. The first-order chi connectivity index (χ1) is 7.40. The molecule has 0 radical (unpaired) electrons. The minimum absolute atomic E-state index is 0.642. The number of hydrogen-bond acceptors (Lipinski definition) is 1. The standard InChI is InChI=1S/C14H8O/c15-9-11-5-3-7-13-12-6-2-1-4-10(12)8-14(11)13/h1-8H. The highest BCUT2D eigenvalue weighted by atomic mass is 16.1. The summed E-state index contributed by atoms with van der Waals surface area (Å²) in [6.07, 6.45) is 2.05. The van der Waals surface area contributed by atoms with Crippen molar-refractivity contribution < 1.29 is 4.79 Å². The Morgan fingerprint density at radius 3 is 2.53 bits per heavy atom. The third-order valence-electron chi connectivity index (χ3n) is 2.77. The summed E-state index contributed by atoms with van der Waals surface area (Å²) in [7, 11) is 0. The van der Waals surface area contributed by atoms with Crippen LogP contribution in [0.15, 0.2) is 42.5 Å². The zero-order valence-electron chi connectivity index (χ0n) is 8.03. The van der Waals surface area contributed by atoms with E-state index in [1.165, 1.54) is 11.1 Å². The van der Waals surface area contributed by atoms with Gasteiger partial charge in [0.25, 0.3) is 0 Å². The molecule has 0 saturated heterocycles. The summed E-state index contributed by atoms with van der Waals surface area (Å²) in [6.45, 7) is 0. The molecule has 0 saturated carbocycles. The highest BCUT2D eigenvalue weighted by Crippen LogP contribution is 2.24. The Balaban J connectivity index is 2.53. The minimum Gasteiger partial charge on any atom is -0.233 e. The molecular formula is C14H8O. The highest BCUT2D eigenvalue weighted by molar-refractivity contribution is 5.83. The van der Waals surface area contributed by atoms with Gasteiger partial charge in [-0.25, -0.2) is 4.79 Å². The second kappa shape index (κ2) is 2.94. The Kier molecular flexibility index (Phi) is 1.61. The Hall–Kier alpha value is -2.11. The summed E-state index contributed by atoms with van der Waals surface area (Å²) < 4.78 is 0. The topological polar surface area (TPSA) is 17.1 Å². The van der Waals surface area contributed by atoms with E-state index in [2.05, 4.69) is 12.1 Å². The number of hydrogen-bond donors (Lipinski definition) is 0. The van der Waals surface area contributed by atoms with Crippen molar-refractivity contribution in [1.29, 1.82) is 0 Å². The fraction of sp³-hybridized carbons (Fsp3) is 0. The molecule has 15 heavy (non-hydrogen) atoms. The highest BCUT2D eigenvalue weighted by Gasteiger charge is 2.10. The first kappa shape index (κ1) is 8.22. The third-order valence-corrected chi connectivity index (χ3v) is 2.77. The third kappa shape index (κ3) is 1.08. The lowest BCUT2D eigenvalue weighted by atomic mass is 10.1. The van der Waals surface area contributed by atoms with Gasteiger partial charge >= 0.3 is 0 Å². The molecule has 0 fully saturated rings. The molecule has 0 N–H and O–H groups in total. The van der Waals surface area contributed by atoms with Gasteiger partial charge in [-0.05, 0) is 28.8 Å². The molecule has 0 unspecified atom stereocenters. The zero-order valence-corrected chi connectivity index (χ0v) is 8.03. The van der Waals surface area contributed by atoms with Crippen LogP contribution in [0, 0.1) is 0 Å². The van der Waals surface area contributed by atoms with Crippen molar-refractivity contribution in [3.8, 4) is 11.1 Å². The Morgan fingerprint density at radius 1 is 0.867 bits per heavy atom. The van der Waals surface area contributed by atoms with Crippen molar-refractivity contribution in [2.45, 2.75) is 0 Å². The minimum atomic E-state index is 0.642. The normalized spacial score (nSPS) is 11.2. The average molecular weight is 192 g/mol. The molecule has 0 amide bonds. The molecule has 1 aliphatic rings. The largest absolute Gasteiger partial charge is 0.233 e.